The Bertz CT molecular complexity index is 894. The Morgan fingerprint density at radius 1 is 0.955 bits per heavy atom. The number of nitrogens with two attached hydrogens (primary N) is 1. The van der Waals surface area contributed by atoms with E-state index < -0.39 is 0 Å². The molecule has 0 saturated heterocycles. The Morgan fingerprint density at radius 3 is 2.32 bits per heavy atom. The number of hydrogen-bond donors (Lipinski definition) is 2. The predicted octanol–water partition coefficient (Wildman–Crippen LogP) is 3.25. The van der Waals surface area contributed by atoms with Crippen LogP contribution < -0.4 is 11.2 Å². The standard InChI is InChI=1S/C18H18N4/c1-12(21-22-18(19)20-2)17-11-13-7-3-4-8-14(13)15-9-5-6-10-16(15)17/h3-11H,1-2H3,(H3,19,20,22). The predicted molar refractivity (Wildman–Crippen MR) is 94.3 cm³/mol. The molecular weight excluding hydrogens is 272 g/mol. The molecule has 3 aromatic carbocycles. The van der Waals surface area contributed by atoms with Crippen LogP contribution in [0.15, 0.2) is 64.7 Å². The topological polar surface area (TPSA) is 62.8 Å². The Labute approximate surface area is 129 Å². The van der Waals surface area contributed by atoms with Crippen LogP contribution in [0.5, 0.6) is 0 Å². The average molecular weight is 290 g/mol. The molecule has 0 saturated carbocycles. The summed E-state index contributed by atoms with van der Waals surface area (Å²) in [5.74, 6) is 0.296. The van der Waals surface area contributed by atoms with E-state index in [2.05, 4.69) is 58.0 Å². The summed E-state index contributed by atoms with van der Waals surface area (Å²) in [6.07, 6.45) is 0. The van der Waals surface area contributed by atoms with Crippen molar-refractivity contribution in [2.45, 2.75) is 6.92 Å². The number of guanidine groups is 1. The van der Waals surface area contributed by atoms with E-state index in [-0.39, 0.29) is 0 Å². The highest BCUT2D eigenvalue weighted by Crippen LogP contribution is 2.28. The number of nitrogens with zero attached hydrogens (tertiary/aromatic N) is 2. The lowest BCUT2D eigenvalue weighted by molar-refractivity contribution is 0.998. The quantitative estimate of drug-likeness (QED) is 0.329. The number of hydrazone groups is 1. The van der Waals surface area contributed by atoms with E-state index in [9.17, 15) is 0 Å². The molecule has 4 nitrogen and oxygen atoms in total. The molecule has 0 aliphatic carbocycles. The smallest absolute Gasteiger partial charge is 0.209 e. The average Bonchev–Trinajstić information content (AvgIpc) is 2.58. The van der Waals surface area contributed by atoms with Crippen LogP contribution in [0.4, 0.5) is 0 Å². The number of rotatable bonds is 2. The molecule has 110 valence electrons. The minimum Gasteiger partial charge on any atom is -0.369 e. The van der Waals surface area contributed by atoms with Crippen molar-refractivity contribution >= 4 is 33.2 Å². The van der Waals surface area contributed by atoms with E-state index in [0.717, 1.165) is 11.3 Å². The van der Waals surface area contributed by atoms with Crippen LogP contribution in [-0.4, -0.2) is 18.7 Å². The molecule has 0 aliphatic rings. The molecule has 0 amide bonds. The minimum absolute atomic E-state index is 0.296. The Morgan fingerprint density at radius 2 is 1.59 bits per heavy atom. The minimum atomic E-state index is 0.296. The SMILES string of the molecule is CN=C(N)NN=C(C)c1cc2ccccc2c2ccccc12. The maximum Gasteiger partial charge on any atom is 0.209 e. The summed E-state index contributed by atoms with van der Waals surface area (Å²) in [5, 5.41) is 9.18. The van der Waals surface area contributed by atoms with Crippen molar-refractivity contribution < 1.29 is 0 Å². The first-order valence-electron chi connectivity index (χ1n) is 7.14. The maximum absolute atomic E-state index is 5.63. The van der Waals surface area contributed by atoms with E-state index in [4.69, 9.17) is 5.73 Å². The third-order valence-corrected chi connectivity index (χ3v) is 3.74. The van der Waals surface area contributed by atoms with Crippen molar-refractivity contribution in [1.29, 1.82) is 0 Å². The van der Waals surface area contributed by atoms with Gasteiger partial charge in [-0.3, -0.25) is 4.99 Å². The second-order valence-electron chi connectivity index (χ2n) is 5.11. The molecule has 0 unspecified atom stereocenters. The zero-order valence-corrected chi connectivity index (χ0v) is 12.7. The van der Waals surface area contributed by atoms with E-state index >= 15 is 0 Å². The number of aliphatic imine (C=N–C) groups is 1. The first-order valence-corrected chi connectivity index (χ1v) is 7.14. The highest BCUT2D eigenvalue weighted by Gasteiger charge is 2.08. The largest absolute Gasteiger partial charge is 0.369 e. The molecule has 0 aliphatic heterocycles. The van der Waals surface area contributed by atoms with Crippen molar-refractivity contribution in [3.8, 4) is 0 Å². The second-order valence-corrected chi connectivity index (χ2v) is 5.11. The lowest BCUT2D eigenvalue weighted by Gasteiger charge is -2.10. The molecule has 0 radical (unpaired) electrons. The summed E-state index contributed by atoms with van der Waals surface area (Å²) >= 11 is 0. The molecule has 0 fully saturated rings. The Hall–Kier alpha value is -2.88. The van der Waals surface area contributed by atoms with Crippen LogP contribution >= 0.6 is 0 Å². The van der Waals surface area contributed by atoms with Gasteiger partial charge in [0.05, 0.1) is 5.71 Å². The van der Waals surface area contributed by atoms with E-state index in [1.807, 2.05) is 19.1 Å². The third kappa shape index (κ3) is 2.51. The first kappa shape index (κ1) is 14.1. The van der Waals surface area contributed by atoms with Crippen LogP contribution in [0.1, 0.15) is 12.5 Å². The van der Waals surface area contributed by atoms with Crippen molar-refractivity contribution in [2.75, 3.05) is 7.05 Å². The fourth-order valence-electron chi connectivity index (χ4n) is 2.60. The van der Waals surface area contributed by atoms with Gasteiger partial charge in [0.2, 0.25) is 5.96 Å². The van der Waals surface area contributed by atoms with Crippen LogP contribution in [-0.2, 0) is 0 Å². The van der Waals surface area contributed by atoms with Crippen LogP contribution in [0, 0.1) is 0 Å². The zero-order valence-electron chi connectivity index (χ0n) is 12.7. The summed E-state index contributed by atoms with van der Waals surface area (Å²) in [7, 11) is 1.62. The van der Waals surface area contributed by atoms with Gasteiger partial charge in [0.1, 0.15) is 0 Å². The normalized spacial score (nSPS) is 12.8. The highest BCUT2D eigenvalue weighted by molar-refractivity contribution is 6.18. The first-order chi connectivity index (χ1) is 10.7. The summed E-state index contributed by atoms with van der Waals surface area (Å²) < 4.78 is 0. The summed E-state index contributed by atoms with van der Waals surface area (Å²) in [4.78, 5) is 3.84. The monoisotopic (exact) mass is 290 g/mol. The van der Waals surface area contributed by atoms with Gasteiger partial charge in [-0.15, -0.1) is 0 Å². The van der Waals surface area contributed by atoms with E-state index in [1.165, 1.54) is 21.5 Å². The van der Waals surface area contributed by atoms with Gasteiger partial charge in [-0.2, -0.15) is 5.10 Å². The molecular formula is C18H18N4. The second kappa shape index (κ2) is 5.85. The van der Waals surface area contributed by atoms with Crippen LogP contribution in [0.25, 0.3) is 21.5 Å². The van der Waals surface area contributed by atoms with Crippen LogP contribution in [0.3, 0.4) is 0 Å². The summed E-state index contributed by atoms with van der Waals surface area (Å²) in [6, 6.07) is 18.9. The summed E-state index contributed by atoms with van der Waals surface area (Å²) in [5.41, 5.74) is 10.4. The van der Waals surface area contributed by atoms with Gasteiger partial charge in [0, 0.05) is 12.6 Å². The Balaban J connectivity index is 2.23. The van der Waals surface area contributed by atoms with Crippen molar-refractivity contribution in [1.82, 2.24) is 5.43 Å². The van der Waals surface area contributed by atoms with Gasteiger partial charge in [-0.05, 0) is 34.5 Å². The van der Waals surface area contributed by atoms with Gasteiger partial charge in [-0.1, -0.05) is 48.5 Å². The van der Waals surface area contributed by atoms with Gasteiger partial charge in [0.25, 0.3) is 0 Å². The van der Waals surface area contributed by atoms with Gasteiger partial charge < -0.3 is 5.73 Å². The third-order valence-electron chi connectivity index (χ3n) is 3.74. The molecule has 0 heterocycles. The van der Waals surface area contributed by atoms with Crippen LogP contribution in [0.2, 0.25) is 0 Å². The molecule has 22 heavy (non-hydrogen) atoms. The lowest BCUT2D eigenvalue weighted by Crippen LogP contribution is -2.27. The molecule has 0 spiro atoms. The molecule has 3 N–H and O–H groups in total. The number of nitrogens with one attached hydrogen (secondary N) is 1. The number of benzene rings is 3. The van der Waals surface area contributed by atoms with Gasteiger partial charge in [0.15, 0.2) is 0 Å². The van der Waals surface area contributed by atoms with Crippen molar-refractivity contribution in [2.24, 2.45) is 15.8 Å². The van der Waals surface area contributed by atoms with Gasteiger partial charge in [-0.25, -0.2) is 5.43 Å². The summed E-state index contributed by atoms with van der Waals surface area (Å²) in [6.45, 7) is 1.96. The molecule has 0 atom stereocenters. The Kier molecular flexibility index (Phi) is 3.74. The van der Waals surface area contributed by atoms with Gasteiger partial charge >= 0.3 is 0 Å². The molecule has 0 aromatic heterocycles. The van der Waals surface area contributed by atoms with Crippen molar-refractivity contribution in [3.05, 3.63) is 60.2 Å². The van der Waals surface area contributed by atoms with E-state index in [0.29, 0.717) is 5.96 Å². The number of fused-ring (bicyclic) bond motifs is 3. The molecule has 3 aromatic rings. The lowest BCUT2D eigenvalue weighted by atomic mass is 9.95. The molecule has 3 rings (SSSR count). The number of hydrogen-bond acceptors (Lipinski definition) is 2. The van der Waals surface area contributed by atoms with Crippen molar-refractivity contribution in [3.63, 3.8) is 0 Å². The zero-order chi connectivity index (χ0) is 15.5. The molecule has 4 heteroatoms. The fourth-order valence-corrected chi connectivity index (χ4v) is 2.60. The fraction of sp³-hybridized carbons (Fsp3) is 0.111. The maximum atomic E-state index is 5.63. The molecule has 0 bridgehead atoms. The highest BCUT2D eigenvalue weighted by atomic mass is 15.4. The van der Waals surface area contributed by atoms with E-state index in [1.54, 1.807) is 7.05 Å².